The molecule has 0 saturated carbocycles. The first-order chi connectivity index (χ1) is 4.18. The number of aliphatic hydroxyl groups is 1. The molecule has 0 aromatic carbocycles. The van der Waals surface area contributed by atoms with Crippen LogP contribution >= 0.6 is 0 Å². The minimum absolute atomic E-state index is 0.257. The first-order valence-electron chi connectivity index (χ1n) is 2.75. The van der Waals surface area contributed by atoms with Gasteiger partial charge in [-0.3, -0.25) is 0 Å². The average molecular weight is 130 g/mol. The van der Waals surface area contributed by atoms with Crippen LogP contribution in [0, 0.1) is 11.3 Å². The second kappa shape index (κ2) is 10.4. The van der Waals surface area contributed by atoms with Gasteiger partial charge in [0.25, 0.3) is 0 Å². The molecule has 0 unspecified atom stereocenters. The maximum atomic E-state index is 8.20. The third kappa shape index (κ3) is 37.3. The second-order valence-corrected chi connectivity index (χ2v) is 1.75. The van der Waals surface area contributed by atoms with Gasteiger partial charge in [0.1, 0.15) is 0 Å². The molecule has 0 aliphatic heterocycles. The Balaban J connectivity index is 0. The normalized spacial score (nSPS) is 7.56. The second-order valence-electron chi connectivity index (χ2n) is 1.75. The number of likely N-dealkylation sites (N-methyl/N-ethyl adjacent to an activating group) is 1. The van der Waals surface area contributed by atoms with Crippen LogP contribution in [-0.4, -0.2) is 37.3 Å². The quantitative estimate of drug-likeness (QED) is 0.575. The molecule has 0 aliphatic carbocycles. The van der Waals surface area contributed by atoms with Gasteiger partial charge >= 0.3 is 0 Å². The minimum Gasteiger partial charge on any atom is -0.395 e. The van der Waals surface area contributed by atoms with E-state index in [1.54, 1.807) is 6.07 Å². The highest BCUT2D eigenvalue weighted by atomic mass is 16.3. The van der Waals surface area contributed by atoms with E-state index in [0.29, 0.717) is 0 Å². The molecule has 0 radical (unpaired) electrons. The topological polar surface area (TPSA) is 47.3 Å². The molecule has 0 aromatic rings. The Bertz CT molecular complexity index is 75.6. The lowest BCUT2D eigenvalue weighted by molar-refractivity contribution is 0.243. The van der Waals surface area contributed by atoms with Gasteiger partial charge < -0.3 is 10.0 Å². The maximum Gasteiger partial charge on any atom is 0.0587 e. The lowest BCUT2D eigenvalue weighted by Crippen LogP contribution is -2.15. The molecule has 1 N–H and O–H groups in total. The van der Waals surface area contributed by atoms with E-state index >= 15 is 0 Å². The number of aliphatic hydroxyl groups excluding tert-OH is 1. The molecule has 0 rings (SSSR count). The van der Waals surface area contributed by atoms with Gasteiger partial charge in [-0.05, 0) is 14.1 Å². The van der Waals surface area contributed by atoms with Crippen LogP contribution in [0.2, 0.25) is 0 Å². The molecule has 3 nitrogen and oxygen atoms in total. The lowest BCUT2D eigenvalue weighted by Gasteiger charge is -2.03. The van der Waals surface area contributed by atoms with E-state index in [4.69, 9.17) is 10.4 Å². The molecule has 0 aliphatic rings. The zero-order valence-electron chi connectivity index (χ0n) is 6.26. The SMILES string of the molecule is CC#N.CN(C)CCO. The summed E-state index contributed by atoms with van der Waals surface area (Å²) in [5.74, 6) is 0. The van der Waals surface area contributed by atoms with Crippen LogP contribution in [-0.2, 0) is 0 Å². The van der Waals surface area contributed by atoms with Crippen LogP contribution in [0.3, 0.4) is 0 Å². The third-order valence-electron chi connectivity index (χ3n) is 0.547. The van der Waals surface area contributed by atoms with Gasteiger partial charge in [0, 0.05) is 13.5 Å². The zero-order valence-corrected chi connectivity index (χ0v) is 6.26. The van der Waals surface area contributed by atoms with Crippen LogP contribution < -0.4 is 0 Å². The lowest BCUT2D eigenvalue weighted by atomic mass is 10.6. The molecule has 3 heteroatoms. The molecule has 0 aromatic heterocycles. The average Bonchev–Trinajstić information content (AvgIpc) is 1.67. The molecule has 54 valence electrons. The molecular weight excluding hydrogens is 116 g/mol. The van der Waals surface area contributed by atoms with Gasteiger partial charge in [-0.1, -0.05) is 0 Å². The van der Waals surface area contributed by atoms with E-state index in [2.05, 4.69) is 0 Å². The number of nitrogens with zero attached hydrogens (tertiary/aromatic N) is 2. The van der Waals surface area contributed by atoms with Crippen molar-refractivity contribution in [1.29, 1.82) is 5.26 Å². The van der Waals surface area contributed by atoms with E-state index in [1.165, 1.54) is 6.92 Å². The Labute approximate surface area is 56.5 Å². The van der Waals surface area contributed by atoms with Crippen molar-refractivity contribution < 1.29 is 5.11 Å². The summed E-state index contributed by atoms with van der Waals surface area (Å²) in [6.45, 7) is 2.45. The Hall–Kier alpha value is -0.590. The first kappa shape index (κ1) is 11.2. The smallest absolute Gasteiger partial charge is 0.0587 e. The Kier molecular flexibility index (Phi) is 13.0. The van der Waals surface area contributed by atoms with E-state index in [1.807, 2.05) is 19.0 Å². The fraction of sp³-hybridized carbons (Fsp3) is 0.833. The molecule has 0 saturated heterocycles. The largest absolute Gasteiger partial charge is 0.395 e. The van der Waals surface area contributed by atoms with Crippen molar-refractivity contribution in [2.24, 2.45) is 0 Å². The van der Waals surface area contributed by atoms with E-state index in [0.717, 1.165) is 6.54 Å². The minimum atomic E-state index is 0.257. The van der Waals surface area contributed by atoms with Crippen molar-refractivity contribution in [2.75, 3.05) is 27.2 Å². The maximum absolute atomic E-state index is 8.20. The van der Waals surface area contributed by atoms with Crippen molar-refractivity contribution in [2.45, 2.75) is 6.92 Å². The van der Waals surface area contributed by atoms with Gasteiger partial charge in [0.2, 0.25) is 0 Å². The molecule has 9 heavy (non-hydrogen) atoms. The zero-order chi connectivity index (χ0) is 7.70. The first-order valence-corrected chi connectivity index (χ1v) is 2.75. The van der Waals surface area contributed by atoms with Crippen LogP contribution in [0.25, 0.3) is 0 Å². The summed E-state index contributed by atoms with van der Waals surface area (Å²) in [7, 11) is 3.85. The van der Waals surface area contributed by atoms with E-state index in [9.17, 15) is 0 Å². The standard InChI is InChI=1S/C4H11NO.C2H3N/c1-5(2)3-4-6;1-2-3/h6H,3-4H2,1-2H3;1H3. The highest BCUT2D eigenvalue weighted by molar-refractivity contribution is 4.51. The molecule has 0 amide bonds. The van der Waals surface area contributed by atoms with Crippen molar-refractivity contribution in [1.82, 2.24) is 4.90 Å². The predicted molar refractivity (Wildman–Crippen MR) is 36.9 cm³/mol. The fourth-order valence-corrected chi connectivity index (χ4v) is 0.200. The van der Waals surface area contributed by atoms with Gasteiger partial charge in [-0.25, -0.2) is 0 Å². The Morgan fingerprint density at radius 1 is 1.56 bits per heavy atom. The molecule has 0 fully saturated rings. The number of hydrogen-bond acceptors (Lipinski definition) is 3. The molecule has 0 bridgehead atoms. The summed E-state index contributed by atoms with van der Waals surface area (Å²) in [5.41, 5.74) is 0. The molecule has 0 heterocycles. The highest BCUT2D eigenvalue weighted by Crippen LogP contribution is 1.66. The van der Waals surface area contributed by atoms with Crippen molar-refractivity contribution in [3.63, 3.8) is 0 Å². The fourth-order valence-electron chi connectivity index (χ4n) is 0.200. The monoisotopic (exact) mass is 130 g/mol. The van der Waals surface area contributed by atoms with Gasteiger partial charge in [0.05, 0.1) is 12.7 Å². The molecule has 0 spiro atoms. The highest BCUT2D eigenvalue weighted by Gasteiger charge is 1.80. The Morgan fingerprint density at radius 2 is 1.89 bits per heavy atom. The number of nitriles is 1. The van der Waals surface area contributed by atoms with Gasteiger partial charge in [-0.2, -0.15) is 5.26 Å². The molecular formula is C6H14N2O. The van der Waals surface area contributed by atoms with Crippen LogP contribution in [0.4, 0.5) is 0 Å². The summed E-state index contributed by atoms with van der Waals surface area (Å²) in [6.07, 6.45) is 0. The molecule has 0 atom stereocenters. The van der Waals surface area contributed by atoms with Crippen LogP contribution in [0.1, 0.15) is 6.92 Å². The van der Waals surface area contributed by atoms with E-state index < -0.39 is 0 Å². The van der Waals surface area contributed by atoms with Crippen molar-refractivity contribution in [3.8, 4) is 6.07 Å². The predicted octanol–water partition coefficient (Wildman–Crippen LogP) is 0.0702. The van der Waals surface area contributed by atoms with Crippen molar-refractivity contribution >= 4 is 0 Å². The van der Waals surface area contributed by atoms with Crippen molar-refractivity contribution in [3.05, 3.63) is 0 Å². The number of hydrogen-bond donors (Lipinski definition) is 1. The summed E-state index contributed by atoms with van der Waals surface area (Å²) >= 11 is 0. The Morgan fingerprint density at radius 3 is 1.89 bits per heavy atom. The van der Waals surface area contributed by atoms with Gasteiger partial charge in [-0.15, -0.1) is 0 Å². The van der Waals surface area contributed by atoms with Crippen LogP contribution in [0.5, 0.6) is 0 Å². The summed E-state index contributed by atoms with van der Waals surface area (Å²) < 4.78 is 0. The summed E-state index contributed by atoms with van der Waals surface area (Å²) in [4.78, 5) is 1.93. The van der Waals surface area contributed by atoms with E-state index in [-0.39, 0.29) is 6.61 Å². The van der Waals surface area contributed by atoms with Crippen LogP contribution in [0.15, 0.2) is 0 Å². The third-order valence-corrected chi connectivity index (χ3v) is 0.547. The number of rotatable bonds is 2. The summed E-state index contributed by atoms with van der Waals surface area (Å²) in [5, 5.41) is 15.5. The van der Waals surface area contributed by atoms with Gasteiger partial charge in [0.15, 0.2) is 0 Å². The summed E-state index contributed by atoms with van der Waals surface area (Å²) in [6, 6.07) is 1.75.